The maximum atomic E-state index is 13.7. The van der Waals surface area contributed by atoms with Gasteiger partial charge in [0.2, 0.25) is 5.91 Å². The van der Waals surface area contributed by atoms with Crippen LogP contribution in [0, 0.1) is 31.5 Å². The summed E-state index contributed by atoms with van der Waals surface area (Å²) in [5.41, 5.74) is 3.85. The second kappa shape index (κ2) is 9.46. The van der Waals surface area contributed by atoms with Gasteiger partial charge in [0.15, 0.2) is 0 Å². The summed E-state index contributed by atoms with van der Waals surface area (Å²) in [6, 6.07) is 3.55. The zero-order valence-corrected chi connectivity index (χ0v) is 14.5. The summed E-state index contributed by atoms with van der Waals surface area (Å²) >= 11 is 0. The van der Waals surface area contributed by atoms with Gasteiger partial charge >= 0.3 is 0 Å². The number of carbonyl (C=O) groups excluding carboxylic acids is 1. The molecule has 0 spiro atoms. The van der Waals surface area contributed by atoms with Crippen LogP contribution in [0.1, 0.15) is 49.8 Å². The maximum Gasteiger partial charge on any atom is 0.246 e. The lowest BCUT2D eigenvalue weighted by Crippen LogP contribution is -2.29. The number of nitrogens with one attached hydrogen (secondary N) is 1. The first-order valence-corrected chi connectivity index (χ1v) is 8.21. The lowest BCUT2D eigenvalue weighted by Gasteiger charge is -2.15. The summed E-state index contributed by atoms with van der Waals surface area (Å²) in [4.78, 5) is 11.9. The molecule has 0 unspecified atom stereocenters. The molecule has 0 aliphatic carbocycles. The Morgan fingerprint density at radius 2 is 1.91 bits per heavy atom. The molecule has 23 heavy (non-hydrogen) atoms. The van der Waals surface area contributed by atoms with E-state index in [0.717, 1.165) is 18.4 Å². The highest BCUT2D eigenvalue weighted by Crippen LogP contribution is 2.20. The highest BCUT2D eigenvalue weighted by molar-refractivity contribution is 5.77. The van der Waals surface area contributed by atoms with Crippen molar-refractivity contribution in [3.8, 4) is 0 Å². The zero-order valence-electron chi connectivity index (χ0n) is 14.5. The van der Waals surface area contributed by atoms with Crippen molar-refractivity contribution in [3.05, 3.63) is 46.8 Å². The van der Waals surface area contributed by atoms with E-state index in [1.165, 1.54) is 0 Å². The molecule has 1 amide bonds. The Morgan fingerprint density at radius 3 is 2.43 bits per heavy atom. The fraction of sp³-hybridized carbons (Fsp3) is 0.526. The van der Waals surface area contributed by atoms with E-state index in [2.05, 4.69) is 26.0 Å². The van der Waals surface area contributed by atoms with E-state index >= 15 is 0 Å². The molecular weight excluding hydrogens is 293 g/mol. The van der Waals surface area contributed by atoms with Gasteiger partial charge in [-0.25, -0.2) is 9.87 Å². The Kier molecular flexibility index (Phi) is 7.96. The molecule has 0 heterocycles. The van der Waals surface area contributed by atoms with Gasteiger partial charge < -0.3 is 0 Å². The molecule has 0 aliphatic heterocycles. The van der Waals surface area contributed by atoms with Crippen molar-refractivity contribution < 1.29 is 14.4 Å². The molecule has 2 N–H and O–H groups in total. The summed E-state index contributed by atoms with van der Waals surface area (Å²) in [5.74, 6) is -0.360. The summed E-state index contributed by atoms with van der Waals surface area (Å²) < 4.78 is 13.7. The molecule has 3 nitrogen and oxygen atoms in total. The molecule has 1 aromatic carbocycles. The van der Waals surface area contributed by atoms with Gasteiger partial charge in [-0.1, -0.05) is 38.1 Å². The Morgan fingerprint density at radius 1 is 1.30 bits per heavy atom. The van der Waals surface area contributed by atoms with E-state index in [9.17, 15) is 9.18 Å². The molecule has 0 radical (unpaired) electrons. The second-order valence-electron chi connectivity index (χ2n) is 6.52. The Labute approximate surface area is 138 Å². The minimum absolute atomic E-state index is 0.198. The van der Waals surface area contributed by atoms with Crippen molar-refractivity contribution in [1.82, 2.24) is 5.48 Å². The third kappa shape index (κ3) is 6.53. The molecule has 128 valence electrons. The van der Waals surface area contributed by atoms with Crippen LogP contribution in [-0.2, 0) is 11.2 Å². The van der Waals surface area contributed by atoms with Crippen LogP contribution in [0.2, 0.25) is 0 Å². The van der Waals surface area contributed by atoms with Gasteiger partial charge in [0.25, 0.3) is 0 Å². The van der Waals surface area contributed by atoms with Gasteiger partial charge in [0.05, 0.1) is 0 Å². The Bertz CT molecular complexity index is 529. The van der Waals surface area contributed by atoms with Crippen LogP contribution >= 0.6 is 0 Å². The van der Waals surface area contributed by atoms with E-state index in [1.54, 1.807) is 31.5 Å². The van der Waals surface area contributed by atoms with Crippen LogP contribution in [0.25, 0.3) is 0 Å². The molecule has 0 saturated carbocycles. The molecule has 0 aliphatic rings. The normalized spacial score (nSPS) is 12.8. The molecule has 0 fully saturated rings. The van der Waals surface area contributed by atoms with Crippen LogP contribution in [0.4, 0.5) is 4.39 Å². The molecule has 0 aromatic heterocycles. The van der Waals surface area contributed by atoms with Crippen LogP contribution in [0.15, 0.2) is 24.3 Å². The lowest BCUT2D eigenvalue weighted by molar-refractivity contribution is -0.133. The average Bonchev–Trinajstić information content (AvgIpc) is 2.49. The predicted octanol–water partition coefficient (Wildman–Crippen LogP) is 4.49. The number of carbonyl (C=O) groups is 1. The average molecular weight is 321 g/mol. The van der Waals surface area contributed by atoms with E-state index < -0.39 is 0 Å². The third-order valence-corrected chi connectivity index (χ3v) is 3.90. The van der Waals surface area contributed by atoms with Crippen molar-refractivity contribution >= 4 is 5.91 Å². The highest BCUT2D eigenvalue weighted by Gasteiger charge is 2.19. The minimum atomic E-state index is -0.377. The number of unbranched alkanes of at least 4 members (excludes halogenated alkanes) is 1. The number of amides is 1. The van der Waals surface area contributed by atoms with Crippen LogP contribution in [-0.4, -0.2) is 11.1 Å². The van der Waals surface area contributed by atoms with Crippen molar-refractivity contribution in [2.75, 3.05) is 0 Å². The quantitative estimate of drug-likeness (QED) is 0.321. The maximum absolute atomic E-state index is 13.7. The number of rotatable bonds is 8. The summed E-state index contributed by atoms with van der Waals surface area (Å²) in [6.07, 6.45) is 7.25. The molecule has 4 heteroatoms. The number of hydrogen-bond acceptors (Lipinski definition) is 2. The van der Waals surface area contributed by atoms with E-state index in [1.807, 2.05) is 0 Å². The molecule has 1 atom stereocenters. The third-order valence-electron chi connectivity index (χ3n) is 3.90. The first-order valence-electron chi connectivity index (χ1n) is 8.21. The Balaban J connectivity index is 2.70. The van der Waals surface area contributed by atoms with Crippen LogP contribution < -0.4 is 5.48 Å². The molecule has 0 saturated heterocycles. The van der Waals surface area contributed by atoms with Crippen LogP contribution in [0.3, 0.4) is 0 Å². The minimum Gasteiger partial charge on any atom is -0.289 e. The Hall–Kier alpha value is -1.68. The zero-order chi connectivity index (χ0) is 17.4. The SMILES string of the molecule is Cc1cc(C[C@@H](CCCC=CC(C)C)C(=O)NO)cc(C)c1F. The number of halogens is 1. The van der Waals surface area contributed by atoms with E-state index in [4.69, 9.17) is 5.21 Å². The van der Waals surface area contributed by atoms with Gasteiger partial charge in [-0.15, -0.1) is 0 Å². The summed E-state index contributed by atoms with van der Waals surface area (Å²) in [7, 11) is 0. The predicted molar refractivity (Wildman–Crippen MR) is 90.8 cm³/mol. The smallest absolute Gasteiger partial charge is 0.246 e. The summed E-state index contributed by atoms with van der Waals surface area (Å²) in [6.45, 7) is 7.70. The number of benzene rings is 1. The number of allylic oxidation sites excluding steroid dienone is 2. The molecule has 0 bridgehead atoms. The topological polar surface area (TPSA) is 49.3 Å². The van der Waals surface area contributed by atoms with E-state index in [-0.39, 0.29) is 17.6 Å². The highest BCUT2D eigenvalue weighted by atomic mass is 19.1. The second-order valence-corrected chi connectivity index (χ2v) is 6.52. The van der Waals surface area contributed by atoms with E-state index in [0.29, 0.717) is 29.9 Å². The number of aryl methyl sites for hydroxylation is 2. The van der Waals surface area contributed by atoms with Gasteiger partial charge in [-0.05, 0) is 62.1 Å². The number of hydrogen-bond donors (Lipinski definition) is 2. The molecular formula is C19H28FNO2. The van der Waals surface area contributed by atoms with Crippen molar-refractivity contribution in [2.45, 2.75) is 53.4 Å². The fourth-order valence-electron chi connectivity index (χ4n) is 2.71. The number of hydroxylamine groups is 1. The van der Waals surface area contributed by atoms with Gasteiger partial charge in [0.1, 0.15) is 5.82 Å². The standard InChI is InChI=1S/C19H28FNO2/c1-13(2)8-6-5-7-9-17(19(22)21-23)12-16-10-14(3)18(20)15(4)11-16/h6,8,10-11,13,17,23H,5,7,9,12H2,1-4H3,(H,21,22)/t17-/m1/s1. The van der Waals surface area contributed by atoms with Crippen molar-refractivity contribution in [3.63, 3.8) is 0 Å². The van der Waals surface area contributed by atoms with Gasteiger partial charge in [-0.3, -0.25) is 10.0 Å². The fourth-order valence-corrected chi connectivity index (χ4v) is 2.71. The first-order chi connectivity index (χ1) is 10.8. The molecule has 1 aromatic rings. The van der Waals surface area contributed by atoms with Gasteiger partial charge in [-0.2, -0.15) is 0 Å². The van der Waals surface area contributed by atoms with Crippen molar-refractivity contribution in [1.29, 1.82) is 0 Å². The van der Waals surface area contributed by atoms with Crippen molar-refractivity contribution in [2.24, 2.45) is 11.8 Å². The van der Waals surface area contributed by atoms with Crippen LogP contribution in [0.5, 0.6) is 0 Å². The monoisotopic (exact) mass is 321 g/mol. The first kappa shape index (κ1) is 19.4. The lowest BCUT2D eigenvalue weighted by atomic mass is 9.91. The van der Waals surface area contributed by atoms with Gasteiger partial charge in [0, 0.05) is 5.92 Å². The largest absolute Gasteiger partial charge is 0.289 e. The summed E-state index contributed by atoms with van der Waals surface area (Å²) in [5, 5.41) is 8.94. The molecule has 1 rings (SSSR count).